The van der Waals surface area contributed by atoms with E-state index in [0.717, 1.165) is 5.39 Å². The summed E-state index contributed by atoms with van der Waals surface area (Å²) >= 11 is 0. The van der Waals surface area contributed by atoms with Crippen LogP contribution in [0.15, 0.2) is 36.4 Å². The van der Waals surface area contributed by atoms with Crippen LogP contribution in [-0.4, -0.2) is 71.6 Å². The van der Waals surface area contributed by atoms with Gasteiger partial charge in [-0.2, -0.15) is 0 Å². The summed E-state index contributed by atoms with van der Waals surface area (Å²) in [5, 5.41) is 33.9. The van der Waals surface area contributed by atoms with Crippen molar-refractivity contribution < 1.29 is 39.1 Å². The number of hydrogen-bond acceptors (Lipinski definition) is 8. The lowest BCUT2D eigenvalue weighted by Crippen LogP contribution is -2.65. The van der Waals surface area contributed by atoms with Crippen molar-refractivity contribution in [3.8, 4) is 5.75 Å². The number of aliphatic hydroxyl groups excluding tert-OH is 3. The molecule has 4 N–H and O–H groups in total. The Hall–Kier alpha value is -2.72. The Kier molecular flexibility index (Phi) is 6.33. The van der Waals surface area contributed by atoms with Crippen molar-refractivity contribution in [2.45, 2.75) is 37.6 Å². The third kappa shape index (κ3) is 4.18. The number of aliphatic hydroxyl groups is 3. The molecule has 1 aliphatic heterocycles. The zero-order valence-electron chi connectivity index (χ0n) is 15.9. The molecule has 0 aromatic heterocycles. The van der Waals surface area contributed by atoms with Crippen molar-refractivity contribution in [1.82, 2.24) is 5.32 Å². The lowest BCUT2D eigenvalue weighted by Gasteiger charge is -2.42. The number of benzene rings is 2. The summed E-state index contributed by atoms with van der Waals surface area (Å²) in [4.78, 5) is 23.9. The van der Waals surface area contributed by atoms with Gasteiger partial charge >= 0.3 is 5.97 Å². The van der Waals surface area contributed by atoms with Gasteiger partial charge in [-0.05, 0) is 11.5 Å². The molecule has 2 aromatic rings. The minimum absolute atomic E-state index is 0.123. The van der Waals surface area contributed by atoms with E-state index in [9.17, 15) is 24.9 Å². The van der Waals surface area contributed by atoms with Gasteiger partial charge in [-0.3, -0.25) is 4.79 Å². The van der Waals surface area contributed by atoms with Crippen molar-refractivity contribution >= 4 is 22.6 Å². The molecular weight excluding hydrogens is 382 g/mol. The van der Waals surface area contributed by atoms with Crippen molar-refractivity contribution in [3.05, 3.63) is 42.0 Å². The number of fused-ring (bicyclic) bond motifs is 1. The lowest BCUT2D eigenvalue weighted by molar-refractivity contribution is -0.244. The molecule has 0 radical (unpaired) electrons. The zero-order valence-corrected chi connectivity index (χ0v) is 15.9. The van der Waals surface area contributed by atoms with Gasteiger partial charge in [0.05, 0.1) is 13.7 Å². The molecule has 156 valence electrons. The maximum Gasteiger partial charge on any atom is 0.341 e. The van der Waals surface area contributed by atoms with E-state index in [1.54, 1.807) is 18.2 Å². The normalized spacial score (nSPS) is 26.7. The molecule has 2 aromatic carbocycles. The first kappa shape index (κ1) is 21.0. The van der Waals surface area contributed by atoms with E-state index < -0.39 is 49.1 Å². The number of amides is 1. The van der Waals surface area contributed by atoms with Crippen LogP contribution in [0.2, 0.25) is 0 Å². The van der Waals surface area contributed by atoms with Gasteiger partial charge in [-0.15, -0.1) is 0 Å². The van der Waals surface area contributed by atoms with E-state index >= 15 is 0 Å². The van der Waals surface area contributed by atoms with E-state index in [1.807, 2.05) is 12.1 Å². The average molecular weight is 405 g/mol. The molecule has 3 rings (SSSR count). The monoisotopic (exact) mass is 405 g/mol. The number of carbonyl (C=O) groups excluding carboxylic acids is 2. The summed E-state index contributed by atoms with van der Waals surface area (Å²) in [5.41, 5.74) is 0.123. The van der Waals surface area contributed by atoms with Crippen molar-refractivity contribution in [1.29, 1.82) is 0 Å². The highest BCUT2D eigenvalue weighted by Gasteiger charge is 2.46. The van der Waals surface area contributed by atoms with Gasteiger partial charge < -0.3 is 34.8 Å². The number of nitrogens with one attached hydrogen (secondary N) is 1. The van der Waals surface area contributed by atoms with Gasteiger partial charge in [-0.1, -0.05) is 30.3 Å². The highest BCUT2D eigenvalue weighted by atomic mass is 16.7. The number of ether oxygens (including phenoxy) is 3. The fourth-order valence-corrected chi connectivity index (χ4v) is 3.33. The Morgan fingerprint density at radius 2 is 1.86 bits per heavy atom. The summed E-state index contributed by atoms with van der Waals surface area (Å²) < 4.78 is 16.4. The third-order valence-corrected chi connectivity index (χ3v) is 4.77. The summed E-state index contributed by atoms with van der Waals surface area (Å²) in [6.45, 7) is 0.663. The van der Waals surface area contributed by atoms with Crippen LogP contribution in [0.4, 0.5) is 0 Å². The molecule has 1 amide bonds. The zero-order chi connectivity index (χ0) is 21.1. The molecule has 1 aliphatic rings. The van der Waals surface area contributed by atoms with Gasteiger partial charge in [-0.25, -0.2) is 4.79 Å². The second-order valence-corrected chi connectivity index (χ2v) is 6.71. The molecule has 0 unspecified atom stereocenters. The van der Waals surface area contributed by atoms with Gasteiger partial charge in [0, 0.05) is 12.3 Å². The minimum Gasteiger partial charge on any atom is -0.465 e. The van der Waals surface area contributed by atoms with E-state index in [1.165, 1.54) is 20.1 Å². The fourth-order valence-electron chi connectivity index (χ4n) is 3.33. The van der Waals surface area contributed by atoms with E-state index in [4.69, 9.17) is 14.2 Å². The van der Waals surface area contributed by atoms with E-state index in [0.29, 0.717) is 5.39 Å². The molecule has 0 saturated carbocycles. The quantitative estimate of drug-likeness (QED) is 0.509. The van der Waals surface area contributed by atoms with Gasteiger partial charge in [0.2, 0.25) is 12.2 Å². The summed E-state index contributed by atoms with van der Waals surface area (Å²) in [7, 11) is 1.24. The summed E-state index contributed by atoms with van der Waals surface area (Å²) in [6.07, 6.45) is -5.34. The SMILES string of the molecule is COC(=O)c1ccc2ccccc2c1O[C@@H]1O[C@@H](CO)[C@@H](O)[C@@H](O)[C@@H]1NC(C)=O. The van der Waals surface area contributed by atoms with Gasteiger partial charge in [0.1, 0.15) is 35.7 Å². The number of methoxy groups -OCH3 is 1. The van der Waals surface area contributed by atoms with E-state index in [-0.39, 0.29) is 11.3 Å². The molecule has 1 heterocycles. The lowest BCUT2D eigenvalue weighted by atomic mass is 9.96. The second-order valence-electron chi connectivity index (χ2n) is 6.71. The van der Waals surface area contributed by atoms with Crippen LogP contribution in [0.3, 0.4) is 0 Å². The third-order valence-electron chi connectivity index (χ3n) is 4.77. The largest absolute Gasteiger partial charge is 0.465 e. The summed E-state index contributed by atoms with van der Waals surface area (Å²) in [6, 6.07) is 9.27. The Morgan fingerprint density at radius 1 is 1.14 bits per heavy atom. The van der Waals surface area contributed by atoms with Crippen LogP contribution in [0.25, 0.3) is 10.8 Å². The molecule has 5 atom stereocenters. The average Bonchev–Trinajstić information content (AvgIpc) is 2.72. The molecule has 9 nitrogen and oxygen atoms in total. The number of carbonyl (C=O) groups is 2. The van der Waals surface area contributed by atoms with Crippen LogP contribution in [0, 0.1) is 0 Å². The van der Waals surface area contributed by atoms with Crippen LogP contribution in [-0.2, 0) is 14.3 Å². The first-order valence-corrected chi connectivity index (χ1v) is 9.03. The van der Waals surface area contributed by atoms with Crippen molar-refractivity contribution in [2.24, 2.45) is 0 Å². The highest BCUT2D eigenvalue weighted by Crippen LogP contribution is 2.33. The molecule has 0 aliphatic carbocycles. The van der Waals surface area contributed by atoms with Gasteiger partial charge in [0.25, 0.3) is 0 Å². The Labute approximate surface area is 166 Å². The van der Waals surface area contributed by atoms with E-state index in [2.05, 4.69) is 5.32 Å². The van der Waals surface area contributed by atoms with Crippen LogP contribution in [0.5, 0.6) is 5.75 Å². The number of rotatable bonds is 5. The Bertz CT molecular complexity index is 901. The maximum atomic E-state index is 12.3. The van der Waals surface area contributed by atoms with Crippen molar-refractivity contribution in [3.63, 3.8) is 0 Å². The van der Waals surface area contributed by atoms with Crippen LogP contribution >= 0.6 is 0 Å². The first-order valence-electron chi connectivity index (χ1n) is 9.03. The molecule has 29 heavy (non-hydrogen) atoms. The first-order chi connectivity index (χ1) is 13.9. The molecule has 0 bridgehead atoms. The molecule has 0 spiro atoms. The smallest absolute Gasteiger partial charge is 0.341 e. The second kappa shape index (κ2) is 8.75. The molecule has 1 saturated heterocycles. The predicted octanol–water partition coefficient (Wildman–Crippen LogP) is -0.0511. The van der Waals surface area contributed by atoms with Crippen LogP contribution in [0.1, 0.15) is 17.3 Å². The topological polar surface area (TPSA) is 135 Å². The predicted molar refractivity (Wildman–Crippen MR) is 101 cm³/mol. The standard InChI is InChI=1S/C20H23NO8/c1-10(23)21-15-17(25)16(24)14(9-22)28-20(15)29-18-12-6-4-3-5-11(12)7-8-13(18)19(26)27-2/h3-8,14-17,20,22,24-25H,9H2,1-2H3,(H,21,23)/t14-,15-,16+,17-,20-/m0/s1. The number of esters is 1. The maximum absolute atomic E-state index is 12.3. The summed E-state index contributed by atoms with van der Waals surface area (Å²) in [5.74, 6) is -0.987. The minimum atomic E-state index is -1.47. The van der Waals surface area contributed by atoms with Gasteiger partial charge in [0.15, 0.2) is 0 Å². The molecule has 9 heteroatoms. The highest BCUT2D eigenvalue weighted by molar-refractivity contribution is 6.01. The molecular formula is C20H23NO8. The number of hydrogen-bond donors (Lipinski definition) is 4. The Balaban J connectivity index is 2.06. The van der Waals surface area contributed by atoms with Crippen molar-refractivity contribution in [2.75, 3.05) is 13.7 Å². The molecule has 1 fully saturated rings. The van der Waals surface area contributed by atoms with Crippen LogP contribution < -0.4 is 10.1 Å². The fraction of sp³-hybridized carbons (Fsp3) is 0.400. The Morgan fingerprint density at radius 3 is 2.52 bits per heavy atom.